The summed E-state index contributed by atoms with van der Waals surface area (Å²) in [5.74, 6) is -1.21. The van der Waals surface area contributed by atoms with Gasteiger partial charge in [-0.05, 0) is 19.3 Å². The van der Waals surface area contributed by atoms with Crippen LogP contribution in [-0.2, 0) is 21.9 Å². The van der Waals surface area contributed by atoms with E-state index >= 15 is 0 Å². The van der Waals surface area contributed by atoms with Crippen molar-refractivity contribution in [3.63, 3.8) is 0 Å². The van der Waals surface area contributed by atoms with Crippen molar-refractivity contribution >= 4 is 16.0 Å². The first-order chi connectivity index (χ1) is 8.88. The highest BCUT2D eigenvalue weighted by Gasteiger charge is 2.36. The Kier molecular flexibility index (Phi) is 4.31. The molecule has 1 aromatic heterocycles. The zero-order chi connectivity index (χ0) is 15.9. The number of sulfonamides is 1. The Balaban J connectivity index is 3.28. The van der Waals surface area contributed by atoms with Gasteiger partial charge in [-0.3, -0.25) is 9.48 Å². The van der Waals surface area contributed by atoms with E-state index in [0.29, 0.717) is 11.4 Å². The van der Waals surface area contributed by atoms with Crippen LogP contribution < -0.4 is 4.72 Å². The zero-order valence-corrected chi connectivity index (χ0v) is 13.4. The molecule has 0 aromatic carbocycles. The lowest BCUT2D eigenvalue weighted by Gasteiger charge is -2.27. The van der Waals surface area contributed by atoms with Gasteiger partial charge in [-0.1, -0.05) is 20.8 Å². The molecule has 0 saturated carbocycles. The maximum absolute atomic E-state index is 12.4. The normalized spacial score (nSPS) is 14.3. The summed E-state index contributed by atoms with van der Waals surface area (Å²) < 4.78 is 28.6. The number of hydrogen-bond acceptors (Lipinski definition) is 4. The topological polar surface area (TPSA) is 101 Å². The molecule has 0 unspecified atom stereocenters. The van der Waals surface area contributed by atoms with Crippen molar-refractivity contribution in [3.05, 3.63) is 11.4 Å². The molecule has 114 valence electrons. The predicted molar refractivity (Wildman–Crippen MR) is 73.9 cm³/mol. The molecule has 0 aliphatic rings. The van der Waals surface area contributed by atoms with Gasteiger partial charge in [0, 0.05) is 7.05 Å². The van der Waals surface area contributed by atoms with Crippen molar-refractivity contribution in [3.8, 4) is 0 Å². The lowest BCUT2D eigenvalue weighted by molar-refractivity contribution is -0.141. The van der Waals surface area contributed by atoms with E-state index in [1.165, 1.54) is 4.68 Å². The van der Waals surface area contributed by atoms with Crippen LogP contribution in [0.5, 0.6) is 0 Å². The molecule has 7 nitrogen and oxygen atoms in total. The second-order valence-electron chi connectivity index (χ2n) is 5.88. The second-order valence-corrected chi connectivity index (χ2v) is 7.53. The Morgan fingerprint density at radius 3 is 2.15 bits per heavy atom. The van der Waals surface area contributed by atoms with Crippen molar-refractivity contribution < 1.29 is 18.3 Å². The Morgan fingerprint density at radius 2 is 1.85 bits per heavy atom. The Morgan fingerprint density at radius 1 is 1.35 bits per heavy atom. The molecular formula is C12H21N3O4S. The fourth-order valence-electron chi connectivity index (χ4n) is 1.95. The molecule has 0 amide bonds. The fraction of sp³-hybridized carbons (Fsp3) is 0.667. The molecule has 0 radical (unpaired) electrons. The van der Waals surface area contributed by atoms with E-state index in [2.05, 4.69) is 9.82 Å². The molecule has 0 bridgehead atoms. The number of aliphatic carboxylic acids is 1. The molecule has 0 spiro atoms. The summed E-state index contributed by atoms with van der Waals surface area (Å²) >= 11 is 0. The standard InChI is InChI=1S/C12H21N3O4S/c1-7-9(8(2)15(6)13-7)20(18,19)14-10(11(16)17)12(3,4)5/h10,14H,1-6H3,(H,16,17)/t10-/m1/s1. The van der Waals surface area contributed by atoms with Crippen LogP contribution in [0.2, 0.25) is 0 Å². The molecule has 20 heavy (non-hydrogen) atoms. The third-order valence-electron chi connectivity index (χ3n) is 3.10. The minimum absolute atomic E-state index is 0.0375. The highest BCUT2D eigenvalue weighted by molar-refractivity contribution is 7.89. The van der Waals surface area contributed by atoms with Gasteiger partial charge >= 0.3 is 5.97 Å². The van der Waals surface area contributed by atoms with Crippen LogP contribution >= 0.6 is 0 Å². The number of carboxylic acid groups (broad SMARTS) is 1. The lowest BCUT2D eigenvalue weighted by Crippen LogP contribution is -2.49. The molecule has 2 N–H and O–H groups in total. The molecule has 0 saturated heterocycles. The van der Waals surface area contributed by atoms with Crippen molar-refractivity contribution in [2.45, 2.75) is 45.6 Å². The first-order valence-corrected chi connectivity index (χ1v) is 7.61. The van der Waals surface area contributed by atoms with E-state index in [4.69, 9.17) is 0 Å². The largest absolute Gasteiger partial charge is 0.480 e. The Labute approximate surface area is 119 Å². The van der Waals surface area contributed by atoms with Gasteiger partial charge in [0.05, 0.1) is 11.4 Å². The summed E-state index contributed by atoms with van der Waals surface area (Å²) in [5.41, 5.74) is 0.0618. The zero-order valence-electron chi connectivity index (χ0n) is 12.6. The van der Waals surface area contributed by atoms with Gasteiger partial charge < -0.3 is 5.11 Å². The first-order valence-electron chi connectivity index (χ1n) is 6.13. The maximum Gasteiger partial charge on any atom is 0.322 e. The van der Waals surface area contributed by atoms with Crippen LogP contribution in [0.4, 0.5) is 0 Å². The molecule has 1 rings (SSSR count). The molecule has 1 heterocycles. The van der Waals surface area contributed by atoms with Crippen molar-refractivity contribution in [1.82, 2.24) is 14.5 Å². The van der Waals surface area contributed by atoms with Crippen molar-refractivity contribution in [2.75, 3.05) is 0 Å². The predicted octanol–water partition coefficient (Wildman–Crippen LogP) is 0.815. The average molecular weight is 303 g/mol. The van der Waals surface area contributed by atoms with E-state index in [0.717, 1.165) is 0 Å². The van der Waals surface area contributed by atoms with Crippen molar-refractivity contribution in [1.29, 1.82) is 0 Å². The minimum atomic E-state index is -3.94. The fourth-order valence-corrected chi connectivity index (χ4v) is 3.79. The minimum Gasteiger partial charge on any atom is -0.480 e. The smallest absolute Gasteiger partial charge is 0.322 e. The monoisotopic (exact) mass is 303 g/mol. The molecule has 1 aromatic rings. The van der Waals surface area contributed by atoms with Crippen LogP contribution in [0, 0.1) is 19.3 Å². The van der Waals surface area contributed by atoms with Gasteiger partial charge in [-0.25, -0.2) is 8.42 Å². The van der Waals surface area contributed by atoms with Gasteiger partial charge in [-0.15, -0.1) is 0 Å². The number of aryl methyl sites for hydroxylation is 2. The maximum atomic E-state index is 12.4. The third kappa shape index (κ3) is 3.18. The van der Waals surface area contributed by atoms with Gasteiger partial charge in [0.15, 0.2) is 0 Å². The van der Waals surface area contributed by atoms with Gasteiger partial charge in [0.1, 0.15) is 10.9 Å². The molecule has 1 atom stereocenters. The van der Waals surface area contributed by atoms with E-state index in [1.54, 1.807) is 41.7 Å². The van der Waals surface area contributed by atoms with Crippen LogP contribution in [0.1, 0.15) is 32.2 Å². The highest BCUT2D eigenvalue weighted by Crippen LogP contribution is 2.24. The van der Waals surface area contributed by atoms with Gasteiger partial charge in [0.2, 0.25) is 10.0 Å². The third-order valence-corrected chi connectivity index (χ3v) is 4.77. The molecular weight excluding hydrogens is 282 g/mol. The number of nitrogens with zero attached hydrogens (tertiary/aromatic N) is 2. The lowest BCUT2D eigenvalue weighted by atomic mass is 9.88. The number of rotatable bonds is 4. The number of aromatic nitrogens is 2. The number of carboxylic acids is 1. The summed E-state index contributed by atoms with van der Waals surface area (Å²) in [5, 5.41) is 13.3. The van der Waals surface area contributed by atoms with Crippen LogP contribution in [0.25, 0.3) is 0 Å². The van der Waals surface area contributed by atoms with Crippen LogP contribution in [0.3, 0.4) is 0 Å². The second kappa shape index (κ2) is 5.17. The molecule has 8 heteroatoms. The summed E-state index contributed by atoms with van der Waals surface area (Å²) in [6.45, 7) is 8.20. The Bertz CT molecular complexity index is 626. The molecule has 0 aliphatic carbocycles. The van der Waals surface area contributed by atoms with E-state index in [1.807, 2.05) is 0 Å². The molecule has 0 aliphatic heterocycles. The van der Waals surface area contributed by atoms with Gasteiger partial charge in [0.25, 0.3) is 0 Å². The SMILES string of the molecule is Cc1nn(C)c(C)c1S(=O)(=O)N[C@H](C(=O)O)C(C)(C)C. The van der Waals surface area contributed by atoms with E-state index in [9.17, 15) is 18.3 Å². The average Bonchev–Trinajstić information content (AvgIpc) is 2.48. The van der Waals surface area contributed by atoms with Crippen molar-refractivity contribution in [2.24, 2.45) is 12.5 Å². The number of carbonyl (C=O) groups is 1. The summed E-state index contributed by atoms with van der Waals surface area (Å²) in [6.07, 6.45) is 0. The van der Waals surface area contributed by atoms with Gasteiger partial charge in [-0.2, -0.15) is 9.82 Å². The van der Waals surface area contributed by atoms with E-state index in [-0.39, 0.29) is 4.90 Å². The molecule has 0 fully saturated rings. The van der Waals surface area contributed by atoms with Crippen LogP contribution in [0.15, 0.2) is 4.90 Å². The highest BCUT2D eigenvalue weighted by atomic mass is 32.2. The van der Waals surface area contributed by atoms with E-state index < -0.39 is 27.4 Å². The van der Waals surface area contributed by atoms with Crippen LogP contribution in [-0.4, -0.2) is 35.3 Å². The number of nitrogens with one attached hydrogen (secondary N) is 1. The quantitative estimate of drug-likeness (QED) is 0.857. The number of hydrogen-bond donors (Lipinski definition) is 2. The summed E-state index contributed by atoms with van der Waals surface area (Å²) in [4.78, 5) is 11.3. The Hall–Kier alpha value is -1.41. The summed E-state index contributed by atoms with van der Waals surface area (Å²) in [6, 6.07) is -1.22. The first kappa shape index (κ1) is 16.6. The summed E-state index contributed by atoms with van der Waals surface area (Å²) in [7, 11) is -2.30.